The third-order valence-electron chi connectivity index (χ3n) is 4.96. The van der Waals surface area contributed by atoms with Gasteiger partial charge in [0.15, 0.2) is 11.5 Å². The third kappa shape index (κ3) is 4.93. The van der Waals surface area contributed by atoms with E-state index < -0.39 is 16.1 Å². The van der Waals surface area contributed by atoms with Crippen LogP contribution in [-0.2, 0) is 14.8 Å². The lowest BCUT2D eigenvalue weighted by atomic mass is 10.0. The number of hydrogen-bond acceptors (Lipinski definition) is 5. The van der Waals surface area contributed by atoms with Crippen LogP contribution in [0, 0.1) is 5.92 Å². The van der Waals surface area contributed by atoms with Gasteiger partial charge in [0.05, 0.1) is 18.1 Å². The summed E-state index contributed by atoms with van der Waals surface area (Å²) >= 11 is 0. The van der Waals surface area contributed by atoms with Gasteiger partial charge in [0.1, 0.15) is 6.04 Å². The summed E-state index contributed by atoms with van der Waals surface area (Å²) in [6.45, 7) is 4.67. The summed E-state index contributed by atoms with van der Waals surface area (Å²) in [6, 6.07) is 3.84. The lowest BCUT2D eigenvalue weighted by Gasteiger charge is -2.24. The molecule has 2 aliphatic rings. The molecule has 0 spiro atoms. The minimum atomic E-state index is -3.87. The minimum absolute atomic E-state index is 0.0612. The molecule has 1 aromatic carbocycles. The number of carbonyl (C=O) groups is 1. The van der Waals surface area contributed by atoms with Crippen molar-refractivity contribution < 1.29 is 22.7 Å². The Morgan fingerprint density at radius 3 is 2.41 bits per heavy atom. The van der Waals surface area contributed by atoms with Gasteiger partial charge in [0.2, 0.25) is 15.9 Å². The van der Waals surface area contributed by atoms with Gasteiger partial charge in [-0.05, 0) is 30.9 Å². The Bertz CT molecular complexity index is 772. The normalized spacial score (nSPS) is 18.9. The van der Waals surface area contributed by atoms with Gasteiger partial charge in [0.25, 0.3) is 0 Å². The first-order valence-corrected chi connectivity index (χ1v) is 11.1. The van der Waals surface area contributed by atoms with Crippen molar-refractivity contribution >= 4 is 15.9 Å². The molecule has 1 aliphatic heterocycles. The maximum Gasteiger partial charge on any atom is 0.241 e. The zero-order valence-electron chi connectivity index (χ0n) is 15.9. The third-order valence-corrected chi connectivity index (χ3v) is 6.40. The van der Waals surface area contributed by atoms with E-state index in [4.69, 9.17) is 9.47 Å². The highest BCUT2D eigenvalue weighted by atomic mass is 32.2. The number of carbonyl (C=O) groups excluding carboxylic acids is 1. The van der Waals surface area contributed by atoms with E-state index in [9.17, 15) is 13.2 Å². The van der Waals surface area contributed by atoms with Crippen LogP contribution in [0.4, 0.5) is 0 Å². The maximum atomic E-state index is 12.9. The van der Waals surface area contributed by atoms with Crippen molar-refractivity contribution in [1.29, 1.82) is 0 Å². The molecule has 1 heterocycles. The fourth-order valence-corrected chi connectivity index (χ4v) is 4.76. The van der Waals surface area contributed by atoms with Crippen LogP contribution in [0.5, 0.6) is 11.5 Å². The van der Waals surface area contributed by atoms with E-state index >= 15 is 0 Å². The summed E-state index contributed by atoms with van der Waals surface area (Å²) in [6.07, 6.45) is 4.84. The first kappa shape index (κ1) is 19.9. The van der Waals surface area contributed by atoms with E-state index in [1.54, 1.807) is 6.07 Å². The summed E-state index contributed by atoms with van der Waals surface area (Å²) in [5.41, 5.74) is 0. The van der Waals surface area contributed by atoms with E-state index in [1.165, 1.54) is 12.1 Å². The molecule has 0 radical (unpaired) electrons. The number of sulfonamides is 1. The average molecular weight is 397 g/mol. The Labute approximate surface area is 160 Å². The molecule has 0 aromatic heterocycles. The summed E-state index contributed by atoms with van der Waals surface area (Å²) in [7, 11) is -3.87. The number of hydrogen-bond donors (Lipinski definition) is 2. The Hall–Kier alpha value is -1.80. The molecule has 0 unspecified atom stereocenters. The molecule has 27 heavy (non-hydrogen) atoms. The topological polar surface area (TPSA) is 93.7 Å². The summed E-state index contributed by atoms with van der Waals surface area (Å²) < 4.78 is 39.4. The van der Waals surface area contributed by atoms with Crippen LogP contribution in [-0.4, -0.2) is 39.6 Å². The van der Waals surface area contributed by atoms with E-state index in [-0.39, 0.29) is 22.8 Å². The highest BCUT2D eigenvalue weighted by Gasteiger charge is 2.31. The first-order chi connectivity index (χ1) is 12.9. The Morgan fingerprint density at radius 1 is 1.07 bits per heavy atom. The Balaban J connectivity index is 1.76. The van der Waals surface area contributed by atoms with Crippen molar-refractivity contribution in [2.24, 2.45) is 5.92 Å². The second-order valence-corrected chi connectivity index (χ2v) is 9.21. The molecule has 7 nitrogen and oxygen atoms in total. The Morgan fingerprint density at radius 2 is 1.74 bits per heavy atom. The van der Waals surface area contributed by atoms with Crippen LogP contribution in [0.25, 0.3) is 0 Å². The predicted octanol–water partition coefficient (Wildman–Crippen LogP) is 2.21. The van der Waals surface area contributed by atoms with Crippen LogP contribution in [0.1, 0.15) is 46.0 Å². The second-order valence-electron chi connectivity index (χ2n) is 7.49. The van der Waals surface area contributed by atoms with Crippen LogP contribution >= 0.6 is 0 Å². The Kier molecular flexibility index (Phi) is 6.26. The quantitative estimate of drug-likeness (QED) is 0.769. The van der Waals surface area contributed by atoms with E-state index in [1.807, 2.05) is 13.8 Å². The molecule has 0 saturated heterocycles. The lowest BCUT2D eigenvalue weighted by molar-refractivity contribution is -0.124. The monoisotopic (exact) mass is 396 g/mol. The lowest BCUT2D eigenvalue weighted by Crippen LogP contribution is -2.51. The second kappa shape index (κ2) is 8.48. The highest BCUT2D eigenvalue weighted by Crippen LogP contribution is 2.32. The van der Waals surface area contributed by atoms with Gasteiger partial charge in [-0.15, -0.1) is 0 Å². The molecule has 1 amide bonds. The summed E-state index contributed by atoms with van der Waals surface area (Å²) in [5, 5.41) is 2.98. The summed E-state index contributed by atoms with van der Waals surface area (Å²) in [5.74, 6) is 0.495. The van der Waals surface area contributed by atoms with Gasteiger partial charge in [0, 0.05) is 18.5 Å². The van der Waals surface area contributed by atoms with Crippen molar-refractivity contribution in [3.63, 3.8) is 0 Å². The smallest absolute Gasteiger partial charge is 0.241 e. The first-order valence-electron chi connectivity index (χ1n) is 9.59. The molecule has 150 valence electrons. The van der Waals surface area contributed by atoms with E-state index in [0.29, 0.717) is 24.7 Å². The number of nitrogens with one attached hydrogen (secondary N) is 2. The van der Waals surface area contributed by atoms with Crippen molar-refractivity contribution in [3.8, 4) is 11.5 Å². The molecule has 1 fully saturated rings. The predicted molar refractivity (Wildman–Crippen MR) is 101 cm³/mol. The fraction of sp³-hybridized carbons (Fsp3) is 0.632. The molecular weight excluding hydrogens is 368 g/mol. The van der Waals surface area contributed by atoms with Gasteiger partial charge in [-0.3, -0.25) is 4.79 Å². The number of amides is 1. The van der Waals surface area contributed by atoms with E-state index in [0.717, 1.165) is 32.1 Å². The van der Waals surface area contributed by atoms with Crippen molar-refractivity contribution in [2.45, 2.75) is 62.9 Å². The highest BCUT2D eigenvalue weighted by molar-refractivity contribution is 7.89. The van der Waals surface area contributed by atoms with Crippen molar-refractivity contribution in [3.05, 3.63) is 18.2 Å². The molecule has 2 N–H and O–H groups in total. The number of ether oxygens (including phenoxy) is 2. The van der Waals surface area contributed by atoms with Gasteiger partial charge in [-0.2, -0.15) is 4.72 Å². The SMILES string of the molecule is CC(C)[C@@H](NS(=O)(=O)c1ccc2c(c1)OCCCO2)C(=O)NC1CCCC1. The molecule has 1 aromatic rings. The number of rotatable bonds is 6. The van der Waals surface area contributed by atoms with Gasteiger partial charge < -0.3 is 14.8 Å². The number of benzene rings is 1. The molecule has 8 heteroatoms. The average Bonchev–Trinajstić information content (AvgIpc) is 3.01. The molecule has 1 aliphatic carbocycles. The van der Waals surface area contributed by atoms with Gasteiger partial charge in [-0.25, -0.2) is 8.42 Å². The molecular formula is C19H28N2O5S. The van der Waals surface area contributed by atoms with Crippen LogP contribution in [0.3, 0.4) is 0 Å². The fourth-order valence-electron chi connectivity index (χ4n) is 3.40. The molecule has 1 atom stereocenters. The largest absolute Gasteiger partial charge is 0.490 e. The van der Waals surface area contributed by atoms with Gasteiger partial charge >= 0.3 is 0 Å². The zero-order chi connectivity index (χ0) is 19.4. The zero-order valence-corrected chi connectivity index (χ0v) is 16.7. The van der Waals surface area contributed by atoms with Crippen LogP contribution in [0.2, 0.25) is 0 Å². The maximum absolute atomic E-state index is 12.9. The van der Waals surface area contributed by atoms with Crippen molar-refractivity contribution in [2.75, 3.05) is 13.2 Å². The summed E-state index contributed by atoms with van der Waals surface area (Å²) in [4.78, 5) is 12.7. The van der Waals surface area contributed by atoms with Crippen LogP contribution < -0.4 is 19.5 Å². The standard InChI is InChI=1S/C19H28N2O5S/c1-13(2)18(19(22)20-14-6-3-4-7-14)21-27(23,24)15-8-9-16-17(12-15)26-11-5-10-25-16/h8-9,12-14,18,21H,3-7,10-11H2,1-2H3,(H,20,22)/t18-/m1/s1. The van der Waals surface area contributed by atoms with Gasteiger partial charge in [-0.1, -0.05) is 26.7 Å². The number of fused-ring (bicyclic) bond motifs is 1. The molecule has 3 rings (SSSR count). The van der Waals surface area contributed by atoms with Crippen molar-refractivity contribution in [1.82, 2.24) is 10.0 Å². The molecule has 1 saturated carbocycles. The van der Waals surface area contributed by atoms with Crippen LogP contribution in [0.15, 0.2) is 23.1 Å². The van der Waals surface area contributed by atoms with E-state index in [2.05, 4.69) is 10.0 Å². The minimum Gasteiger partial charge on any atom is -0.490 e. The molecule has 0 bridgehead atoms.